The molecule has 0 aromatic carbocycles. The molecular formula is C28H43NO3. The molecule has 178 valence electrons. The molecular weight excluding hydrogens is 398 g/mol. The number of ether oxygens (including phenoxy) is 1. The summed E-state index contributed by atoms with van der Waals surface area (Å²) in [5.74, 6) is 3.26. The first-order valence-electron chi connectivity index (χ1n) is 13.4. The van der Waals surface area contributed by atoms with Crippen molar-refractivity contribution in [3.8, 4) is 0 Å². The lowest BCUT2D eigenvalue weighted by molar-refractivity contribution is -0.148. The number of hydrogen-bond donors (Lipinski definition) is 0. The molecule has 0 bridgehead atoms. The zero-order chi connectivity index (χ0) is 22.7. The van der Waals surface area contributed by atoms with Gasteiger partial charge in [-0.1, -0.05) is 32.4 Å². The van der Waals surface area contributed by atoms with E-state index in [9.17, 15) is 9.59 Å². The van der Waals surface area contributed by atoms with Crippen LogP contribution in [0.2, 0.25) is 0 Å². The minimum Gasteiger partial charge on any atom is -0.462 e. The van der Waals surface area contributed by atoms with Crippen molar-refractivity contribution in [2.75, 3.05) is 13.1 Å². The molecule has 32 heavy (non-hydrogen) atoms. The van der Waals surface area contributed by atoms with Crippen LogP contribution in [-0.2, 0) is 14.3 Å². The summed E-state index contributed by atoms with van der Waals surface area (Å²) in [4.78, 5) is 26.9. The van der Waals surface area contributed by atoms with E-state index in [1.54, 1.807) is 5.57 Å². The van der Waals surface area contributed by atoms with Gasteiger partial charge < -0.3 is 9.64 Å². The second kappa shape index (κ2) is 8.17. The van der Waals surface area contributed by atoms with Crippen LogP contribution in [0.1, 0.15) is 91.9 Å². The molecule has 4 heteroatoms. The minimum absolute atomic E-state index is 0.0746. The Labute approximate surface area is 194 Å². The van der Waals surface area contributed by atoms with E-state index in [2.05, 4.69) is 31.7 Å². The van der Waals surface area contributed by atoms with Gasteiger partial charge >= 0.3 is 5.97 Å². The summed E-state index contributed by atoms with van der Waals surface area (Å²) < 4.78 is 5.60. The highest BCUT2D eigenvalue weighted by Crippen LogP contribution is 2.67. The molecule has 8 atom stereocenters. The number of carbonyl (C=O) groups excluding carboxylic acids is 2. The van der Waals surface area contributed by atoms with Gasteiger partial charge in [0.1, 0.15) is 6.10 Å². The van der Waals surface area contributed by atoms with Crippen LogP contribution in [0.15, 0.2) is 11.6 Å². The van der Waals surface area contributed by atoms with Gasteiger partial charge in [-0.05, 0) is 92.3 Å². The molecule has 0 spiro atoms. The van der Waals surface area contributed by atoms with Crippen LogP contribution in [0.3, 0.4) is 0 Å². The number of fused-ring (bicyclic) bond motifs is 5. The third kappa shape index (κ3) is 3.46. The molecule has 1 aliphatic heterocycles. The van der Waals surface area contributed by atoms with Crippen molar-refractivity contribution in [1.82, 2.24) is 4.90 Å². The normalized spacial score (nSPS) is 44.2. The molecule has 0 aromatic rings. The van der Waals surface area contributed by atoms with Crippen LogP contribution in [0.25, 0.3) is 0 Å². The van der Waals surface area contributed by atoms with Gasteiger partial charge in [0.05, 0.1) is 0 Å². The molecule has 5 rings (SSSR count). The quantitative estimate of drug-likeness (QED) is 0.413. The summed E-state index contributed by atoms with van der Waals surface area (Å²) in [5, 5.41) is 0. The van der Waals surface area contributed by atoms with Crippen molar-refractivity contribution >= 4 is 11.9 Å². The Kier molecular flexibility index (Phi) is 5.73. The van der Waals surface area contributed by atoms with Crippen LogP contribution in [-0.4, -0.2) is 36.0 Å². The Bertz CT molecular complexity index is 798. The predicted molar refractivity (Wildman–Crippen MR) is 126 cm³/mol. The fraction of sp³-hybridized carbons (Fsp3) is 0.857. The summed E-state index contributed by atoms with van der Waals surface area (Å²) >= 11 is 0. The van der Waals surface area contributed by atoms with Gasteiger partial charge in [-0.2, -0.15) is 0 Å². The first-order valence-corrected chi connectivity index (χ1v) is 13.4. The maximum atomic E-state index is 13.3. The van der Waals surface area contributed by atoms with Gasteiger partial charge in [-0.15, -0.1) is 0 Å². The Morgan fingerprint density at radius 3 is 2.53 bits per heavy atom. The molecule has 3 saturated carbocycles. The number of esters is 1. The van der Waals surface area contributed by atoms with Crippen LogP contribution in [0.5, 0.6) is 0 Å². The Hall–Kier alpha value is -1.32. The van der Waals surface area contributed by atoms with E-state index < -0.39 is 0 Å². The lowest BCUT2D eigenvalue weighted by atomic mass is 9.47. The monoisotopic (exact) mass is 441 g/mol. The number of nitrogens with zero attached hydrogens (tertiary/aromatic N) is 1. The lowest BCUT2D eigenvalue weighted by Crippen LogP contribution is -2.51. The molecule has 1 saturated heterocycles. The molecule has 1 heterocycles. The van der Waals surface area contributed by atoms with E-state index in [4.69, 9.17) is 4.74 Å². The first kappa shape index (κ1) is 22.5. The lowest BCUT2D eigenvalue weighted by Gasteiger charge is -2.58. The fourth-order valence-corrected chi connectivity index (χ4v) is 9.22. The second-order valence-electron chi connectivity index (χ2n) is 12.3. The van der Waals surface area contributed by atoms with Crippen LogP contribution in [0, 0.1) is 40.4 Å². The van der Waals surface area contributed by atoms with Crippen LogP contribution < -0.4 is 0 Å². The van der Waals surface area contributed by atoms with Crippen molar-refractivity contribution in [3.63, 3.8) is 0 Å². The molecule has 4 nitrogen and oxygen atoms in total. The molecule has 5 aliphatic rings. The van der Waals surface area contributed by atoms with Crippen molar-refractivity contribution in [2.45, 2.75) is 98.0 Å². The number of allylic oxidation sites excluding steroid dienone is 1. The summed E-state index contributed by atoms with van der Waals surface area (Å²) in [6.07, 6.45) is 14.3. The average molecular weight is 442 g/mol. The number of amides is 1. The summed E-state index contributed by atoms with van der Waals surface area (Å²) in [7, 11) is 0. The highest BCUT2D eigenvalue weighted by molar-refractivity contribution is 5.79. The highest BCUT2D eigenvalue weighted by atomic mass is 16.5. The summed E-state index contributed by atoms with van der Waals surface area (Å²) in [6, 6.07) is 0. The number of rotatable bonds is 3. The first-order chi connectivity index (χ1) is 15.2. The van der Waals surface area contributed by atoms with Crippen molar-refractivity contribution in [1.29, 1.82) is 0 Å². The number of hydrogen-bond acceptors (Lipinski definition) is 3. The third-order valence-electron chi connectivity index (χ3n) is 10.9. The van der Waals surface area contributed by atoms with E-state index >= 15 is 0 Å². The highest BCUT2D eigenvalue weighted by Gasteiger charge is 2.60. The molecule has 4 fully saturated rings. The predicted octanol–water partition coefficient (Wildman–Crippen LogP) is 5.76. The standard InChI is InChI=1S/C28H43NO3/c1-18(26(31)29-15-5-6-16-29)23-9-10-24-22-8-7-20-17-21(32-19(2)30)11-13-27(20,3)25(22)12-14-28(23,24)4/h7,18,21-25H,5-6,8-17H2,1-4H3. The maximum Gasteiger partial charge on any atom is 0.302 e. The van der Waals surface area contributed by atoms with Crippen molar-refractivity contribution < 1.29 is 14.3 Å². The molecule has 4 aliphatic carbocycles. The Morgan fingerprint density at radius 2 is 1.81 bits per heavy atom. The molecule has 0 aromatic heterocycles. The average Bonchev–Trinajstić information content (AvgIpc) is 3.40. The molecule has 8 unspecified atom stereocenters. The van der Waals surface area contributed by atoms with Crippen LogP contribution >= 0.6 is 0 Å². The van der Waals surface area contributed by atoms with Gasteiger partial charge in [-0.25, -0.2) is 0 Å². The third-order valence-corrected chi connectivity index (χ3v) is 10.9. The Morgan fingerprint density at radius 1 is 1.06 bits per heavy atom. The molecule has 0 radical (unpaired) electrons. The van der Waals surface area contributed by atoms with Gasteiger partial charge in [0.25, 0.3) is 0 Å². The van der Waals surface area contributed by atoms with E-state index in [0.29, 0.717) is 17.2 Å². The van der Waals surface area contributed by atoms with Gasteiger partial charge in [0, 0.05) is 32.4 Å². The largest absolute Gasteiger partial charge is 0.462 e. The number of carbonyl (C=O) groups is 2. The van der Waals surface area contributed by atoms with E-state index in [1.165, 1.54) is 51.9 Å². The van der Waals surface area contributed by atoms with E-state index in [-0.39, 0.29) is 23.4 Å². The van der Waals surface area contributed by atoms with Crippen LogP contribution in [0.4, 0.5) is 0 Å². The molecule has 0 N–H and O–H groups in total. The zero-order valence-corrected chi connectivity index (χ0v) is 20.7. The zero-order valence-electron chi connectivity index (χ0n) is 20.7. The molecule has 1 amide bonds. The van der Waals surface area contributed by atoms with E-state index in [0.717, 1.165) is 50.1 Å². The Balaban J connectivity index is 1.34. The summed E-state index contributed by atoms with van der Waals surface area (Å²) in [5.41, 5.74) is 2.15. The van der Waals surface area contributed by atoms with Gasteiger partial charge in [0.15, 0.2) is 0 Å². The van der Waals surface area contributed by atoms with Crippen molar-refractivity contribution in [3.05, 3.63) is 11.6 Å². The number of likely N-dealkylation sites (tertiary alicyclic amines) is 1. The summed E-state index contributed by atoms with van der Waals surface area (Å²) in [6.45, 7) is 10.8. The topological polar surface area (TPSA) is 46.6 Å². The fourth-order valence-electron chi connectivity index (χ4n) is 9.22. The maximum absolute atomic E-state index is 13.3. The van der Waals surface area contributed by atoms with Crippen molar-refractivity contribution in [2.24, 2.45) is 40.4 Å². The second-order valence-corrected chi connectivity index (χ2v) is 12.3. The van der Waals surface area contributed by atoms with Gasteiger partial charge in [0.2, 0.25) is 5.91 Å². The van der Waals surface area contributed by atoms with Gasteiger partial charge in [-0.3, -0.25) is 9.59 Å². The smallest absolute Gasteiger partial charge is 0.302 e. The minimum atomic E-state index is -0.143. The SMILES string of the molecule is CC(=O)OC1CCC2(C)C(=CCC3C2CCC2(C)C(C(C)C(=O)N4CCCC4)CCC32)C1. The van der Waals surface area contributed by atoms with E-state index in [1.807, 2.05) is 0 Å².